The number of carbonyl (C=O) groups is 2. The van der Waals surface area contributed by atoms with Crippen molar-refractivity contribution in [3.05, 3.63) is 65.2 Å². The first kappa shape index (κ1) is 17.9. The average Bonchev–Trinajstić information content (AvgIpc) is 3.00. The third kappa shape index (κ3) is 3.93. The highest BCUT2D eigenvalue weighted by atomic mass is 35.5. The van der Waals surface area contributed by atoms with Crippen LogP contribution in [-0.4, -0.2) is 53.9 Å². The maximum absolute atomic E-state index is 12.5. The summed E-state index contributed by atoms with van der Waals surface area (Å²) in [5, 5.41) is 0.567. The number of carbonyl (C=O) groups excluding carboxylic acids is 2. The van der Waals surface area contributed by atoms with Crippen LogP contribution in [0.5, 0.6) is 5.75 Å². The molecule has 0 unspecified atom stereocenters. The number of amides is 2. The van der Waals surface area contributed by atoms with Gasteiger partial charge in [-0.3, -0.25) is 9.59 Å². The molecule has 1 atom stereocenters. The van der Waals surface area contributed by atoms with Crippen molar-refractivity contribution in [1.29, 1.82) is 0 Å². The van der Waals surface area contributed by atoms with Crippen LogP contribution in [0.3, 0.4) is 0 Å². The maximum Gasteiger partial charge on any atom is 0.242 e. The Morgan fingerprint density at radius 1 is 1.04 bits per heavy atom. The van der Waals surface area contributed by atoms with Gasteiger partial charge in [-0.25, -0.2) is 0 Å². The van der Waals surface area contributed by atoms with E-state index in [1.807, 2.05) is 48.5 Å². The van der Waals surface area contributed by atoms with Crippen molar-refractivity contribution in [3.63, 3.8) is 0 Å². The summed E-state index contributed by atoms with van der Waals surface area (Å²) in [5.41, 5.74) is 1.15. The molecule has 0 bridgehead atoms. The van der Waals surface area contributed by atoms with Crippen LogP contribution < -0.4 is 4.74 Å². The second-order valence-electron chi connectivity index (χ2n) is 7.05. The topological polar surface area (TPSA) is 49.9 Å². The van der Waals surface area contributed by atoms with Crippen molar-refractivity contribution in [3.8, 4) is 5.75 Å². The van der Waals surface area contributed by atoms with Crippen LogP contribution in [-0.2, 0) is 9.59 Å². The van der Waals surface area contributed by atoms with E-state index >= 15 is 0 Å². The molecule has 0 aliphatic carbocycles. The summed E-state index contributed by atoms with van der Waals surface area (Å²) in [6, 6.07) is 17.3. The van der Waals surface area contributed by atoms with Crippen LogP contribution in [0.15, 0.2) is 54.6 Å². The number of hydrogen-bond donors (Lipinski definition) is 0. The zero-order chi connectivity index (χ0) is 18.8. The fraction of sp³-hybridized carbons (Fsp3) is 0.333. The van der Waals surface area contributed by atoms with Gasteiger partial charge in [-0.15, -0.1) is 0 Å². The lowest BCUT2D eigenvalue weighted by atomic mass is 9.99. The Labute approximate surface area is 163 Å². The zero-order valence-corrected chi connectivity index (χ0v) is 15.6. The highest BCUT2D eigenvalue weighted by molar-refractivity contribution is 6.32. The lowest BCUT2D eigenvalue weighted by molar-refractivity contribution is -0.144. The molecule has 2 aliphatic rings. The lowest BCUT2D eigenvalue weighted by Crippen LogP contribution is -2.58. The highest BCUT2D eigenvalue weighted by Gasteiger charge is 2.36. The molecule has 2 heterocycles. The van der Waals surface area contributed by atoms with E-state index in [1.165, 1.54) is 0 Å². The highest BCUT2D eigenvalue weighted by Crippen LogP contribution is 2.29. The quantitative estimate of drug-likeness (QED) is 0.796. The zero-order valence-electron chi connectivity index (χ0n) is 14.9. The third-order valence-corrected chi connectivity index (χ3v) is 5.45. The van der Waals surface area contributed by atoms with Gasteiger partial charge in [-0.1, -0.05) is 54.1 Å². The molecule has 2 saturated heterocycles. The van der Waals surface area contributed by atoms with E-state index in [4.69, 9.17) is 16.3 Å². The number of halogens is 1. The predicted octanol–water partition coefficient (Wildman–Crippen LogP) is 2.95. The molecular weight excluding hydrogens is 364 g/mol. The smallest absolute Gasteiger partial charge is 0.242 e. The number of hydrogen-bond acceptors (Lipinski definition) is 3. The van der Waals surface area contributed by atoms with E-state index in [-0.39, 0.29) is 30.4 Å². The van der Waals surface area contributed by atoms with Gasteiger partial charge in [0.1, 0.15) is 11.9 Å². The van der Waals surface area contributed by atoms with Gasteiger partial charge in [0.05, 0.1) is 24.7 Å². The van der Waals surface area contributed by atoms with Gasteiger partial charge in [-0.05, 0) is 17.7 Å². The number of para-hydroxylation sites is 1. The summed E-state index contributed by atoms with van der Waals surface area (Å²) in [5.74, 6) is 0.813. The first-order valence-electron chi connectivity index (χ1n) is 9.12. The number of ether oxygens (including phenoxy) is 1. The van der Waals surface area contributed by atoms with Crippen LogP contribution in [0, 0.1) is 0 Å². The fourth-order valence-corrected chi connectivity index (χ4v) is 3.75. The number of benzene rings is 2. The van der Waals surface area contributed by atoms with E-state index < -0.39 is 0 Å². The van der Waals surface area contributed by atoms with Crippen LogP contribution in [0.2, 0.25) is 5.02 Å². The molecule has 0 spiro atoms. The van der Waals surface area contributed by atoms with Gasteiger partial charge in [0.2, 0.25) is 11.8 Å². The van der Waals surface area contributed by atoms with Crippen LogP contribution >= 0.6 is 11.6 Å². The van der Waals surface area contributed by atoms with Crippen LogP contribution in [0.4, 0.5) is 0 Å². The molecule has 6 heteroatoms. The summed E-state index contributed by atoms with van der Waals surface area (Å²) < 4.78 is 5.82. The molecule has 5 nitrogen and oxygen atoms in total. The SMILES string of the molecule is O=C(CN1C[C@@H](c2ccccc2)CC1=O)N1CC(Oc2ccccc2Cl)C1. The lowest BCUT2D eigenvalue weighted by Gasteiger charge is -2.39. The predicted molar refractivity (Wildman–Crippen MR) is 103 cm³/mol. The minimum Gasteiger partial charge on any atom is -0.485 e. The number of rotatable bonds is 5. The maximum atomic E-state index is 12.5. The van der Waals surface area contributed by atoms with Gasteiger partial charge in [0.25, 0.3) is 0 Å². The molecular formula is C21H21ClN2O3. The normalized spacial score (nSPS) is 19.9. The Bertz CT molecular complexity index is 836. The van der Waals surface area contributed by atoms with Crippen LogP contribution in [0.25, 0.3) is 0 Å². The average molecular weight is 385 g/mol. The molecule has 2 amide bonds. The molecule has 0 radical (unpaired) electrons. The molecule has 4 rings (SSSR count). The molecule has 2 fully saturated rings. The minimum absolute atomic E-state index is 0.0314. The van der Waals surface area contributed by atoms with Crippen molar-refractivity contribution >= 4 is 23.4 Å². The summed E-state index contributed by atoms with van der Waals surface area (Å²) in [7, 11) is 0. The molecule has 0 saturated carbocycles. The Morgan fingerprint density at radius 3 is 2.48 bits per heavy atom. The fourth-order valence-electron chi connectivity index (χ4n) is 3.57. The van der Waals surface area contributed by atoms with Crippen molar-refractivity contribution in [2.75, 3.05) is 26.2 Å². The largest absolute Gasteiger partial charge is 0.485 e. The molecule has 140 valence electrons. The summed E-state index contributed by atoms with van der Waals surface area (Å²) in [4.78, 5) is 28.2. The molecule has 0 aromatic heterocycles. The van der Waals surface area contributed by atoms with E-state index in [1.54, 1.807) is 15.9 Å². The molecule has 2 aromatic carbocycles. The van der Waals surface area contributed by atoms with E-state index in [0.717, 1.165) is 5.56 Å². The molecule has 2 aliphatic heterocycles. The van der Waals surface area contributed by atoms with Crippen LogP contribution in [0.1, 0.15) is 17.9 Å². The Morgan fingerprint density at radius 2 is 1.74 bits per heavy atom. The van der Waals surface area contributed by atoms with E-state index in [0.29, 0.717) is 36.8 Å². The molecule has 0 N–H and O–H groups in total. The number of likely N-dealkylation sites (tertiary alicyclic amines) is 2. The van der Waals surface area contributed by atoms with Crippen molar-refractivity contribution in [2.24, 2.45) is 0 Å². The second-order valence-corrected chi connectivity index (χ2v) is 7.46. The third-order valence-electron chi connectivity index (χ3n) is 5.14. The number of nitrogens with zero attached hydrogens (tertiary/aromatic N) is 2. The Hall–Kier alpha value is -2.53. The minimum atomic E-state index is -0.0554. The van der Waals surface area contributed by atoms with Gasteiger partial charge >= 0.3 is 0 Å². The summed E-state index contributed by atoms with van der Waals surface area (Å²) >= 11 is 6.09. The molecule has 2 aromatic rings. The molecule has 27 heavy (non-hydrogen) atoms. The van der Waals surface area contributed by atoms with Crippen molar-refractivity contribution in [2.45, 2.75) is 18.4 Å². The first-order chi connectivity index (χ1) is 13.1. The summed E-state index contributed by atoms with van der Waals surface area (Å²) in [6.07, 6.45) is 0.412. The van der Waals surface area contributed by atoms with Crippen molar-refractivity contribution in [1.82, 2.24) is 9.80 Å². The summed E-state index contributed by atoms with van der Waals surface area (Å²) in [6.45, 7) is 1.78. The van der Waals surface area contributed by atoms with Gasteiger partial charge in [0, 0.05) is 18.9 Å². The van der Waals surface area contributed by atoms with Crippen molar-refractivity contribution < 1.29 is 14.3 Å². The van der Waals surface area contributed by atoms with E-state index in [9.17, 15) is 9.59 Å². The monoisotopic (exact) mass is 384 g/mol. The van der Waals surface area contributed by atoms with E-state index in [2.05, 4.69) is 0 Å². The Kier molecular flexibility index (Phi) is 5.03. The second kappa shape index (κ2) is 7.61. The Balaban J connectivity index is 1.27. The van der Waals surface area contributed by atoms with Gasteiger partial charge in [0.15, 0.2) is 0 Å². The standard InChI is InChI=1S/C21H21ClN2O3/c22-18-8-4-5-9-19(18)27-17-12-24(13-17)21(26)14-23-11-16(10-20(23)25)15-6-2-1-3-7-15/h1-9,16-17H,10-14H2/t16-/m0/s1. The van der Waals surface area contributed by atoms with Gasteiger partial charge in [-0.2, -0.15) is 0 Å². The van der Waals surface area contributed by atoms with Gasteiger partial charge < -0.3 is 14.5 Å². The first-order valence-corrected chi connectivity index (χ1v) is 9.49.